The number of hydrogen-bond acceptors (Lipinski definition) is 3. The predicted octanol–water partition coefficient (Wildman–Crippen LogP) is 3.32. The van der Waals surface area contributed by atoms with E-state index in [1.807, 2.05) is 13.8 Å². The topological polar surface area (TPSA) is 62.5 Å². The van der Waals surface area contributed by atoms with Gasteiger partial charge in [-0.25, -0.2) is 4.99 Å². The van der Waals surface area contributed by atoms with E-state index < -0.39 is 0 Å². The Balaban J connectivity index is 0.00000242. The number of allylic oxidation sites excluding steroid dienone is 2. The molecule has 2 N–H and O–H groups in total. The van der Waals surface area contributed by atoms with Crippen LogP contribution in [0.2, 0.25) is 0 Å². The first-order chi connectivity index (χ1) is 10.2. The zero-order valence-corrected chi connectivity index (χ0v) is 16.0. The molecule has 0 fully saturated rings. The fourth-order valence-electron chi connectivity index (χ4n) is 2.51. The third kappa shape index (κ3) is 5.62. The smallest absolute Gasteiger partial charge is 0.191 e. The first kappa shape index (κ1) is 19.0. The van der Waals surface area contributed by atoms with E-state index in [0.717, 1.165) is 42.5 Å². The lowest BCUT2D eigenvalue weighted by Gasteiger charge is -2.20. The molecule has 22 heavy (non-hydrogen) atoms. The summed E-state index contributed by atoms with van der Waals surface area (Å²) in [5.74, 6) is 2.43. The highest BCUT2D eigenvalue weighted by atomic mass is 127. The van der Waals surface area contributed by atoms with Gasteiger partial charge in [-0.3, -0.25) is 0 Å². The van der Waals surface area contributed by atoms with Gasteiger partial charge in [0, 0.05) is 18.7 Å². The molecular weight excluding hydrogens is 391 g/mol. The standard InChI is InChI=1S/C16H26N4O.HI/c1-4-17-16(18-10-14-8-6-5-7-9-14)19-11-15-12(2)20-21-13(15)3;/h5-6,14H,4,7-11H2,1-3H3,(H2,17,18,19);1H. The second-order valence-corrected chi connectivity index (χ2v) is 5.53. The highest BCUT2D eigenvalue weighted by Crippen LogP contribution is 2.17. The predicted molar refractivity (Wildman–Crippen MR) is 101 cm³/mol. The summed E-state index contributed by atoms with van der Waals surface area (Å²) in [4.78, 5) is 4.64. The van der Waals surface area contributed by atoms with Crippen LogP contribution in [0.3, 0.4) is 0 Å². The van der Waals surface area contributed by atoms with Crippen LogP contribution in [0.25, 0.3) is 0 Å². The molecule has 0 saturated heterocycles. The summed E-state index contributed by atoms with van der Waals surface area (Å²) in [6.45, 7) is 8.39. The van der Waals surface area contributed by atoms with Crippen molar-refractivity contribution in [3.05, 3.63) is 29.2 Å². The zero-order valence-electron chi connectivity index (χ0n) is 13.7. The maximum atomic E-state index is 5.18. The van der Waals surface area contributed by atoms with Gasteiger partial charge in [0.15, 0.2) is 5.96 Å². The highest BCUT2D eigenvalue weighted by molar-refractivity contribution is 14.0. The lowest BCUT2D eigenvalue weighted by molar-refractivity contribution is 0.392. The van der Waals surface area contributed by atoms with Crippen molar-refractivity contribution in [3.8, 4) is 0 Å². The highest BCUT2D eigenvalue weighted by Gasteiger charge is 2.11. The number of aromatic nitrogens is 1. The number of hydrogen-bond donors (Lipinski definition) is 2. The minimum absolute atomic E-state index is 0. The van der Waals surface area contributed by atoms with Gasteiger partial charge in [-0.05, 0) is 46.0 Å². The van der Waals surface area contributed by atoms with Gasteiger partial charge >= 0.3 is 0 Å². The molecule has 1 heterocycles. The van der Waals surface area contributed by atoms with Crippen molar-refractivity contribution >= 4 is 29.9 Å². The van der Waals surface area contributed by atoms with Crippen molar-refractivity contribution < 1.29 is 4.52 Å². The van der Waals surface area contributed by atoms with Crippen LogP contribution in [-0.2, 0) is 6.54 Å². The molecule has 0 bridgehead atoms. The molecule has 0 amide bonds. The number of aliphatic imine (C=N–C) groups is 1. The van der Waals surface area contributed by atoms with E-state index in [2.05, 4.69) is 39.9 Å². The van der Waals surface area contributed by atoms with Crippen molar-refractivity contribution in [1.82, 2.24) is 15.8 Å². The quantitative estimate of drug-likeness (QED) is 0.333. The fraction of sp³-hybridized carbons (Fsp3) is 0.625. The Kier molecular flexibility index (Phi) is 8.52. The number of nitrogens with one attached hydrogen (secondary N) is 2. The van der Waals surface area contributed by atoms with E-state index in [4.69, 9.17) is 4.52 Å². The molecule has 0 aromatic carbocycles. The molecule has 1 unspecified atom stereocenters. The molecular formula is C16H27IN4O. The Morgan fingerprint density at radius 3 is 2.77 bits per heavy atom. The number of rotatable bonds is 5. The van der Waals surface area contributed by atoms with E-state index in [-0.39, 0.29) is 24.0 Å². The first-order valence-corrected chi connectivity index (χ1v) is 7.79. The van der Waals surface area contributed by atoms with Gasteiger partial charge in [0.25, 0.3) is 0 Å². The summed E-state index contributed by atoms with van der Waals surface area (Å²) < 4.78 is 5.18. The van der Waals surface area contributed by atoms with Gasteiger partial charge < -0.3 is 15.2 Å². The van der Waals surface area contributed by atoms with Crippen molar-refractivity contribution in [2.45, 2.75) is 46.6 Å². The molecule has 0 saturated carbocycles. The number of aryl methyl sites for hydroxylation is 2. The van der Waals surface area contributed by atoms with Crippen LogP contribution in [0.15, 0.2) is 21.7 Å². The largest absolute Gasteiger partial charge is 0.361 e. The molecule has 0 radical (unpaired) electrons. The summed E-state index contributed by atoms with van der Waals surface area (Å²) in [5.41, 5.74) is 2.00. The molecule has 1 aromatic heterocycles. The zero-order chi connectivity index (χ0) is 15.1. The van der Waals surface area contributed by atoms with Crippen LogP contribution >= 0.6 is 24.0 Å². The molecule has 1 aliphatic rings. The maximum absolute atomic E-state index is 5.18. The SMILES string of the molecule is CCNC(=NCc1c(C)noc1C)NCC1CC=CCC1.I. The van der Waals surface area contributed by atoms with Crippen LogP contribution in [-0.4, -0.2) is 24.2 Å². The minimum atomic E-state index is 0. The molecule has 1 aromatic rings. The summed E-state index contributed by atoms with van der Waals surface area (Å²) in [5, 5.41) is 10.7. The second kappa shape index (κ2) is 9.86. The van der Waals surface area contributed by atoms with Gasteiger partial charge in [-0.1, -0.05) is 17.3 Å². The molecule has 2 rings (SSSR count). The van der Waals surface area contributed by atoms with Crippen LogP contribution in [0.1, 0.15) is 43.2 Å². The monoisotopic (exact) mass is 418 g/mol. The molecule has 0 aliphatic heterocycles. The number of halogens is 1. The van der Waals surface area contributed by atoms with Gasteiger partial charge in [-0.15, -0.1) is 24.0 Å². The maximum Gasteiger partial charge on any atom is 0.191 e. The summed E-state index contributed by atoms with van der Waals surface area (Å²) in [6, 6.07) is 0. The molecule has 1 aliphatic carbocycles. The summed E-state index contributed by atoms with van der Waals surface area (Å²) in [7, 11) is 0. The third-order valence-electron chi connectivity index (χ3n) is 3.86. The summed E-state index contributed by atoms with van der Waals surface area (Å²) in [6.07, 6.45) is 8.17. The Hall–Kier alpha value is -1.05. The van der Waals surface area contributed by atoms with Crippen molar-refractivity contribution in [2.24, 2.45) is 10.9 Å². The number of nitrogens with zero attached hydrogens (tertiary/aromatic N) is 2. The van der Waals surface area contributed by atoms with E-state index in [0.29, 0.717) is 12.5 Å². The van der Waals surface area contributed by atoms with Gasteiger partial charge in [0.05, 0.1) is 12.2 Å². The van der Waals surface area contributed by atoms with Crippen LogP contribution in [0.5, 0.6) is 0 Å². The molecule has 124 valence electrons. The second-order valence-electron chi connectivity index (χ2n) is 5.53. The van der Waals surface area contributed by atoms with Crippen LogP contribution < -0.4 is 10.6 Å². The molecule has 0 spiro atoms. The summed E-state index contributed by atoms with van der Waals surface area (Å²) >= 11 is 0. The molecule has 5 nitrogen and oxygen atoms in total. The Labute approximate surface area is 150 Å². The average Bonchev–Trinajstić information content (AvgIpc) is 2.82. The Bertz CT molecular complexity index is 491. The van der Waals surface area contributed by atoms with Crippen molar-refractivity contribution in [1.29, 1.82) is 0 Å². The van der Waals surface area contributed by atoms with Gasteiger partial charge in [-0.2, -0.15) is 0 Å². The van der Waals surface area contributed by atoms with Gasteiger partial charge in [0.2, 0.25) is 0 Å². The Morgan fingerprint density at radius 2 is 2.18 bits per heavy atom. The lowest BCUT2D eigenvalue weighted by atomic mass is 9.94. The molecule has 6 heteroatoms. The van der Waals surface area contributed by atoms with Crippen LogP contribution in [0, 0.1) is 19.8 Å². The fourth-order valence-corrected chi connectivity index (χ4v) is 2.51. The Morgan fingerprint density at radius 1 is 1.36 bits per heavy atom. The van der Waals surface area contributed by atoms with Crippen LogP contribution in [0.4, 0.5) is 0 Å². The minimum Gasteiger partial charge on any atom is -0.361 e. The normalized spacial score (nSPS) is 18.0. The third-order valence-corrected chi connectivity index (χ3v) is 3.86. The van der Waals surface area contributed by atoms with Crippen molar-refractivity contribution in [2.75, 3.05) is 13.1 Å². The van der Waals surface area contributed by atoms with E-state index >= 15 is 0 Å². The van der Waals surface area contributed by atoms with Crippen molar-refractivity contribution in [3.63, 3.8) is 0 Å². The molecule has 1 atom stereocenters. The van der Waals surface area contributed by atoms with E-state index in [9.17, 15) is 0 Å². The van der Waals surface area contributed by atoms with E-state index in [1.165, 1.54) is 12.8 Å². The van der Waals surface area contributed by atoms with E-state index in [1.54, 1.807) is 0 Å². The first-order valence-electron chi connectivity index (χ1n) is 7.79. The number of guanidine groups is 1. The van der Waals surface area contributed by atoms with Gasteiger partial charge in [0.1, 0.15) is 5.76 Å². The average molecular weight is 418 g/mol. The lowest BCUT2D eigenvalue weighted by Crippen LogP contribution is -2.40.